The summed E-state index contributed by atoms with van der Waals surface area (Å²) in [5.74, 6) is 1.08. The molecule has 3 heterocycles. The van der Waals surface area contributed by atoms with Gasteiger partial charge in [0.05, 0.1) is 11.9 Å². The Morgan fingerprint density at radius 2 is 2.04 bits per heavy atom. The highest BCUT2D eigenvalue weighted by atomic mass is 16.5. The summed E-state index contributed by atoms with van der Waals surface area (Å²) >= 11 is 0. The summed E-state index contributed by atoms with van der Waals surface area (Å²) in [6.45, 7) is 0.623. The summed E-state index contributed by atoms with van der Waals surface area (Å²) in [6, 6.07) is 12.5. The van der Waals surface area contributed by atoms with Crippen molar-refractivity contribution in [2.75, 3.05) is 23.4 Å². The lowest BCUT2D eigenvalue weighted by molar-refractivity contribution is -0.118. The van der Waals surface area contributed by atoms with E-state index in [2.05, 4.69) is 15.4 Å². The Kier molecular flexibility index (Phi) is 5.01. The van der Waals surface area contributed by atoms with Gasteiger partial charge in [0.1, 0.15) is 5.75 Å². The molecule has 8 heteroatoms. The zero-order valence-corrected chi connectivity index (χ0v) is 15.1. The lowest BCUT2D eigenvalue weighted by Gasteiger charge is -2.16. The lowest BCUT2D eigenvalue weighted by atomic mass is 10.3. The van der Waals surface area contributed by atoms with E-state index in [0.29, 0.717) is 23.7 Å². The highest BCUT2D eigenvalue weighted by Crippen LogP contribution is 2.23. The molecule has 4 rings (SSSR count). The van der Waals surface area contributed by atoms with Gasteiger partial charge < -0.3 is 15.0 Å². The van der Waals surface area contributed by atoms with Crippen LogP contribution in [-0.4, -0.2) is 39.7 Å². The number of amides is 2. The molecule has 0 radical (unpaired) electrons. The average molecular weight is 377 g/mol. The normalized spacial score (nSPS) is 13.6. The Labute approximate surface area is 161 Å². The van der Waals surface area contributed by atoms with E-state index in [-0.39, 0.29) is 18.4 Å². The molecular formula is C20H19N5O3. The molecule has 0 bridgehead atoms. The minimum atomic E-state index is -0.285. The monoisotopic (exact) mass is 377 g/mol. The van der Waals surface area contributed by atoms with Crippen LogP contribution >= 0.6 is 0 Å². The van der Waals surface area contributed by atoms with Crippen LogP contribution in [0.1, 0.15) is 12.8 Å². The number of nitrogens with zero attached hydrogens (tertiary/aromatic N) is 4. The van der Waals surface area contributed by atoms with Gasteiger partial charge in [-0.1, -0.05) is 0 Å². The summed E-state index contributed by atoms with van der Waals surface area (Å²) in [6.07, 6.45) is 6.51. The van der Waals surface area contributed by atoms with Gasteiger partial charge in [-0.05, 0) is 48.9 Å². The van der Waals surface area contributed by atoms with Crippen LogP contribution in [0, 0.1) is 0 Å². The molecule has 1 N–H and O–H groups in total. The molecule has 0 unspecified atom stereocenters. The van der Waals surface area contributed by atoms with Gasteiger partial charge in [-0.15, -0.1) is 0 Å². The number of aromatic nitrogens is 3. The molecule has 0 aliphatic carbocycles. The third-order valence-corrected chi connectivity index (χ3v) is 4.36. The van der Waals surface area contributed by atoms with Crippen LogP contribution in [-0.2, 0) is 9.59 Å². The molecule has 0 saturated carbocycles. The van der Waals surface area contributed by atoms with Crippen molar-refractivity contribution in [2.45, 2.75) is 12.8 Å². The van der Waals surface area contributed by atoms with Crippen LogP contribution in [0.4, 0.5) is 11.4 Å². The second-order valence-corrected chi connectivity index (χ2v) is 6.34. The van der Waals surface area contributed by atoms with Crippen molar-refractivity contribution in [3.8, 4) is 11.6 Å². The Bertz CT molecular complexity index is 953. The highest BCUT2D eigenvalue weighted by molar-refractivity contribution is 5.95. The Morgan fingerprint density at radius 1 is 1.18 bits per heavy atom. The predicted octanol–water partition coefficient (Wildman–Crippen LogP) is 2.41. The first-order chi connectivity index (χ1) is 13.7. The van der Waals surface area contributed by atoms with E-state index >= 15 is 0 Å². The number of pyridine rings is 1. The minimum absolute atomic E-state index is 0.122. The average Bonchev–Trinajstić information content (AvgIpc) is 3.39. The summed E-state index contributed by atoms with van der Waals surface area (Å²) in [7, 11) is 0. The first-order valence-corrected chi connectivity index (χ1v) is 8.98. The third-order valence-electron chi connectivity index (χ3n) is 4.36. The van der Waals surface area contributed by atoms with Gasteiger partial charge in [0.2, 0.25) is 5.91 Å². The van der Waals surface area contributed by atoms with Gasteiger partial charge in [0.25, 0.3) is 5.91 Å². The van der Waals surface area contributed by atoms with E-state index in [1.165, 1.54) is 0 Å². The molecule has 8 nitrogen and oxygen atoms in total. The molecule has 2 aromatic heterocycles. The first kappa shape index (κ1) is 17.7. The molecule has 3 aromatic rings. The number of hydrogen-bond acceptors (Lipinski definition) is 5. The number of hydrogen-bond donors (Lipinski definition) is 1. The summed E-state index contributed by atoms with van der Waals surface area (Å²) in [5, 5.41) is 6.84. The van der Waals surface area contributed by atoms with Gasteiger partial charge in [-0.2, -0.15) is 5.10 Å². The van der Waals surface area contributed by atoms with E-state index in [1.807, 2.05) is 18.2 Å². The van der Waals surface area contributed by atoms with Crippen molar-refractivity contribution in [2.24, 2.45) is 0 Å². The third kappa shape index (κ3) is 4.01. The number of rotatable bonds is 6. The summed E-state index contributed by atoms with van der Waals surface area (Å²) in [4.78, 5) is 29.9. The number of anilines is 2. The van der Waals surface area contributed by atoms with E-state index in [1.54, 1.807) is 52.4 Å². The molecule has 2 amide bonds. The molecule has 1 aromatic carbocycles. The zero-order chi connectivity index (χ0) is 19.3. The largest absolute Gasteiger partial charge is 0.484 e. The van der Waals surface area contributed by atoms with E-state index in [4.69, 9.17) is 4.74 Å². The summed E-state index contributed by atoms with van der Waals surface area (Å²) < 4.78 is 7.15. The molecule has 142 valence electrons. The number of ether oxygens (including phenoxy) is 1. The van der Waals surface area contributed by atoms with Crippen molar-refractivity contribution in [3.63, 3.8) is 0 Å². The fourth-order valence-electron chi connectivity index (χ4n) is 2.99. The van der Waals surface area contributed by atoms with Gasteiger partial charge in [-0.3, -0.25) is 9.59 Å². The molecule has 0 atom stereocenters. The van der Waals surface area contributed by atoms with Crippen LogP contribution in [0.5, 0.6) is 5.75 Å². The van der Waals surface area contributed by atoms with Crippen molar-refractivity contribution in [1.29, 1.82) is 0 Å². The van der Waals surface area contributed by atoms with Gasteiger partial charge >= 0.3 is 0 Å². The van der Waals surface area contributed by atoms with Crippen LogP contribution in [0.15, 0.2) is 61.1 Å². The number of nitrogens with one attached hydrogen (secondary N) is 1. The smallest absolute Gasteiger partial charge is 0.262 e. The maximum atomic E-state index is 12.1. The van der Waals surface area contributed by atoms with Crippen molar-refractivity contribution >= 4 is 23.2 Å². The van der Waals surface area contributed by atoms with Crippen molar-refractivity contribution in [3.05, 3.63) is 61.1 Å². The second kappa shape index (κ2) is 7.91. The first-order valence-electron chi connectivity index (χ1n) is 8.98. The van der Waals surface area contributed by atoms with Crippen molar-refractivity contribution < 1.29 is 14.3 Å². The van der Waals surface area contributed by atoms with E-state index in [0.717, 1.165) is 18.7 Å². The molecule has 1 saturated heterocycles. The number of carbonyl (C=O) groups excluding carboxylic acids is 2. The second-order valence-electron chi connectivity index (χ2n) is 6.34. The molecule has 0 spiro atoms. The fraction of sp³-hybridized carbons (Fsp3) is 0.200. The zero-order valence-electron chi connectivity index (χ0n) is 15.1. The maximum Gasteiger partial charge on any atom is 0.262 e. The van der Waals surface area contributed by atoms with Gasteiger partial charge in [0, 0.05) is 31.0 Å². The molecule has 28 heavy (non-hydrogen) atoms. The lowest BCUT2D eigenvalue weighted by Crippen LogP contribution is -2.23. The van der Waals surface area contributed by atoms with E-state index in [9.17, 15) is 9.59 Å². The Hall–Kier alpha value is -3.68. The standard InChI is InChI=1S/C20H19N5O3/c26-19(23-15-4-9-18(21-13-15)25-12-2-10-22-25)14-28-17-7-5-16(6-8-17)24-11-1-3-20(24)27/h2,4-10,12-13H,1,3,11,14H2,(H,23,26). The molecule has 1 aliphatic heterocycles. The van der Waals surface area contributed by atoms with Gasteiger partial charge in [-0.25, -0.2) is 9.67 Å². The van der Waals surface area contributed by atoms with Crippen molar-refractivity contribution in [1.82, 2.24) is 14.8 Å². The molecule has 1 aliphatic rings. The van der Waals surface area contributed by atoms with Gasteiger partial charge in [0.15, 0.2) is 12.4 Å². The maximum absolute atomic E-state index is 12.1. The number of carbonyl (C=O) groups is 2. The minimum Gasteiger partial charge on any atom is -0.484 e. The number of benzene rings is 1. The molecule has 1 fully saturated rings. The van der Waals surface area contributed by atoms with Crippen LogP contribution in [0.2, 0.25) is 0 Å². The van der Waals surface area contributed by atoms with Crippen LogP contribution in [0.3, 0.4) is 0 Å². The quantitative estimate of drug-likeness (QED) is 0.713. The Balaban J connectivity index is 1.29. The SMILES string of the molecule is O=C(COc1ccc(N2CCCC2=O)cc1)Nc1ccc(-n2cccn2)nc1. The van der Waals surface area contributed by atoms with Crippen LogP contribution < -0.4 is 15.0 Å². The highest BCUT2D eigenvalue weighted by Gasteiger charge is 2.21. The predicted molar refractivity (Wildman–Crippen MR) is 104 cm³/mol. The van der Waals surface area contributed by atoms with Crippen LogP contribution in [0.25, 0.3) is 5.82 Å². The Morgan fingerprint density at radius 3 is 2.68 bits per heavy atom. The molecular weight excluding hydrogens is 358 g/mol. The topological polar surface area (TPSA) is 89.4 Å². The summed E-state index contributed by atoms with van der Waals surface area (Å²) in [5.41, 5.74) is 1.43. The van der Waals surface area contributed by atoms with E-state index < -0.39 is 0 Å². The fourth-order valence-corrected chi connectivity index (χ4v) is 2.99.